The zero-order valence-corrected chi connectivity index (χ0v) is 13.3. The Labute approximate surface area is 138 Å². The second-order valence-corrected chi connectivity index (χ2v) is 6.97. The molecule has 0 spiro atoms. The second kappa shape index (κ2) is 6.20. The molecule has 8 heteroatoms. The summed E-state index contributed by atoms with van der Waals surface area (Å²) in [6, 6.07) is 8.97. The van der Waals surface area contributed by atoms with Crippen LogP contribution in [0, 0.1) is 11.6 Å². The molecule has 2 aromatic carbocycles. The molecule has 1 saturated heterocycles. The van der Waals surface area contributed by atoms with Gasteiger partial charge in [0.1, 0.15) is 11.6 Å². The molecule has 0 atom stereocenters. The van der Waals surface area contributed by atoms with E-state index >= 15 is 0 Å². The molecule has 24 heavy (non-hydrogen) atoms. The number of rotatable bonds is 4. The number of sulfonamides is 1. The molecule has 1 fully saturated rings. The quantitative estimate of drug-likeness (QED) is 0.920. The Morgan fingerprint density at radius 3 is 2.33 bits per heavy atom. The molecule has 0 aliphatic carbocycles. The summed E-state index contributed by atoms with van der Waals surface area (Å²) in [5.41, 5.74) is 0.654. The fourth-order valence-electron chi connectivity index (χ4n) is 2.60. The second-order valence-electron chi connectivity index (χ2n) is 5.36. The van der Waals surface area contributed by atoms with E-state index in [2.05, 4.69) is 4.72 Å². The third-order valence-corrected chi connectivity index (χ3v) is 5.10. The van der Waals surface area contributed by atoms with Crippen molar-refractivity contribution in [3.8, 4) is 0 Å². The Morgan fingerprint density at radius 2 is 1.71 bits per heavy atom. The lowest BCUT2D eigenvalue weighted by atomic mass is 10.2. The number of hydrogen-bond acceptors (Lipinski definition) is 3. The fraction of sp³-hybridized carbons (Fsp3) is 0.188. The standard InChI is InChI=1S/C16H14F2N2O3S/c17-13-6-2-7-14(18)16(13)24(22,23)19-11-4-1-5-12(10-11)20-9-3-8-15(20)21/h1-2,4-7,10,19H,3,8-9H2. The molecular weight excluding hydrogens is 338 g/mol. The van der Waals surface area contributed by atoms with Gasteiger partial charge in [0.05, 0.1) is 5.69 Å². The van der Waals surface area contributed by atoms with Crippen molar-refractivity contribution in [3.05, 3.63) is 54.1 Å². The van der Waals surface area contributed by atoms with Crippen molar-refractivity contribution in [2.45, 2.75) is 17.7 Å². The molecule has 126 valence electrons. The largest absolute Gasteiger partial charge is 0.312 e. The first-order valence-electron chi connectivity index (χ1n) is 7.26. The third kappa shape index (κ3) is 3.09. The molecule has 0 radical (unpaired) electrons. The zero-order chi connectivity index (χ0) is 17.3. The van der Waals surface area contributed by atoms with Crippen molar-refractivity contribution in [1.82, 2.24) is 0 Å². The van der Waals surface area contributed by atoms with Crippen molar-refractivity contribution < 1.29 is 22.0 Å². The lowest BCUT2D eigenvalue weighted by molar-refractivity contribution is -0.117. The number of hydrogen-bond donors (Lipinski definition) is 1. The van der Waals surface area contributed by atoms with Crippen LogP contribution in [0.3, 0.4) is 0 Å². The van der Waals surface area contributed by atoms with Gasteiger partial charge in [0.15, 0.2) is 4.90 Å². The average molecular weight is 352 g/mol. The smallest absolute Gasteiger partial charge is 0.267 e. The predicted molar refractivity (Wildman–Crippen MR) is 85.2 cm³/mol. The van der Waals surface area contributed by atoms with Crippen LogP contribution in [-0.4, -0.2) is 20.9 Å². The summed E-state index contributed by atoms with van der Waals surface area (Å²) in [5.74, 6) is -2.39. The Morgan fingerprint density at radius 1 is 1.04 bits per heavy atom. The first-order chi connectivity index (χ1) is 11.4. The van der Waals surface area contributed by atoms with E-state index in [0.29, 0.717) is 18.7 Å². The van der Waals surface area contributed by atoms with Gasteiger partial charge in [0, 0.05) is 18.7 Å². The van der Waals surface area contributed by atoms with Crippen LogP contribution in [0.2, 0.25) is 0 Å². The van der Waals surface area contributed by atoms with Crippen LogP contribution in [0.5, 0.6) is 0 Å². The highest BCUT2D eigenvalue weighted by Gasteiger charge is 2.25. The Bertz CT molecular complexity index is 880. The topological polar surface area (TPSA) is 66.5 Å². The van der Waals surface area contributed by atoms with Crippen molar-refractivity contribution >= 4 is 27.3 Å². The maximum atomic E-state index is 13.7. The summed E-state index contributed by atoms with van der Waals surface area (Å²) < 4.78 is 54.1. The Balaban J connectivity index is 1.92. The number of benzene rings is 2. The van der Waals surface area contributed by atoms with Gasteiger partial charge in [-0.15, -0.1) is 0 Å². The van der Waals surface area contributed by atoms with Gasteiger partial charge in [-0.3, -0.25) is 9.52 Å². The molecule has 1 amide bonds. The SMILES string of the molecule is O=C1CCCN1c1cccc(NS(=O)(=O)c2c(F)cccc2F)c1. The highest BCUT2D eigenvalue weighted by atomic mass is 32.2. The molecule has 2 aromatic rings. The van der Waals surface area contributed by atoms with Crippen LogP contribution >= 0.6 is 0 Å². The van der Waals surface area contributed by atoms with E-state index in [9.17, 15) is 22.0 Å². The van der Waals surface area contributed by atoms with E-state index in [-0.39, 0.29) is 11.6 Å². The highest BCUT2D eigenvalue weighted by Crippen LogP contribution is 2.27. The van der Waals surface area contributed by atoms with E-state index in [4.69, 9.17) is 0 Å². The van der Waals surface area contributed by atoms with Gasteiger partial charge in [-0.2, -0.15) is 0 Å². The van der Waals surface area contributed by atoms with Gasteiger partial charge >= 0.3 is 0 Å². The van der Waals surface area contributed by atoms with Gasteiger partial charge in [0.2, 0.25) is 5.91 Å². The first kappa shape index (κ1) is 16.4. The maximum Gasteiger partial charge on any atom is 0.267 e. The van der Waals surface area contributed by atoms with E-state index in [1.165, 1.54) is 12.1 Å². The van der Waals surface area contributed by atoms with Gasteiger partial charge in [-0.25, -0.2) is 17.2 Å². The molecule has 0 bridgehead atoms. The highest BCUT2D eigenvalue weighted by molar-refractivity contribution is 7.92. The monoisotopic (exact) mass is 352 g/mol. The number of amides is 1. The summed E-state index contributed by atoms with van der Waals surface area (Å²) >= 11 is 0. The van der Waals surface area contributed by atoms with Gasteiger partial charge in [0.25, 0.3) is 10.0 Å². The van der Waals surface area contributed by atoms with Crippen LogP contribution < -0.4 is 9.62 Å². The summed E-state index contributed by atoms with van der Waals surface area (Å²) in [4.78, 5) is 12.3. The Kier molecular flexibility index (Phi) is 4.23. The maximum absolute atomic E-state index is 13.7. The average Bonchev–Trinajstić information content (AvgIpc) is 2.92. The molecule has 0 aromatic heterocycles. The van der Waals surface area contributed by atoms with Gasteiger partial charge in [-0.05, 0) is 36.8 Å². The molecule has 1 heterocycles. The fourth-order valence-corrected chi connectivity index (χ4v) is 3.79. The van der Waals surface area contributed by atoms with Crippen LogP contribution in [0.4, 0.5) is 20.2 Å². The first-order valence-corrected chi connectivity index (χ1v) is 8.74. The molecule has 3 rings (SSSR count). The van der Waals surface area contributed by atoms with Crippen LogP contribution in [0.25, 0.3) is 0 Å². The van der Waals surface area contributed by atoms with Crippen molar-refractivity contribution in [2.75, 3.05) is 16.2 Å². The number of halogens is 2. The minimum Gasteiger partial charge on any atom is -0.312 e. The lowest BCUT2D eigenvalue weighted by Crippen LogP contribution is -2.24. The summed E-state index contributed by atoms with van der Waals surface area (Å²) in [7, 11) is -4.43. The number of nitrogens with one attached hydrogen (secondary N) is 1. The number of nitrogens with zero attached hydrogens (tertiary/aromatic N) is 1. The van der Waals surface area contributed by atoms with Crippen LogP contribution in [-0.2, 0) is 14.8 Å². The molecule has 5 nitrogen and oxygen atoms in total. The van der Waals surface area contributed by atoms with E-state index < -0.39 is 26.6 Å². The molecule has 1 aliphatic rings. The molecule has 0 saturated carbocycles. The summed E-state index contributed by atoms with van der Waals surface area (Å²) in [5, 5.41) is 0. The van der Waals surface area contributed by atoms with Crippen LogP contribution in [0.1, 0.15) is 12.8 Å². The Hall–Kier alpha value is -2.48. The minimum absolute atomic E-state index is 0.0462. The predicted octanol–water partition coefficient (Wildman–Crippen LogP) is 2.89. The third-order valence-electron chi connectivity index (χ3n) is 3.67. The summed E-state index contributed by atoms with van der Waals surface area (Å²) in [6.07, 6.45) is 1.17. The van der Waals surface area contributed by atoms with Crippen molar-refractivity contribution in [1.29, 1.82) is 0 Å². The van der Waals surface area contributed by atoms with E-state index in [1.54, 1.807) is 17.0 Å². The summed E-state index contributed by atoms with van der Waals surface area (Å²) in [6.45, 7) is 0.553. The molecule has 0 unspecified atom stereocenters. The van der Waals surface area contributed by atoms with Crippen LogP contribution in [0.15, 0.2) is 47.4 Å². The minimum atomic E-state index is -4.43. The molecule has 1 aliphatic heterocycles. The number of anilines is 2. The van der Waals surface area contributed by atoms with E-state index in [0.717, 1.165) is 24.6 Å². The zero-order valence-electron chi connectivity index (χ0n) is 12.5. The van der Waals surface area contributed by atoms with Gasteiger partial charge in [-0.1, -0.05) is 12.1 Å². The normalized spacial score (nSPS) is 14.9. The van der Waals surface area contributed by atoms with Crippen molar-refractivity contribution in [3.63, 3.8) is 0 Å². The number of carbonyl (C=O) groups excluding carboxylic acids is 1. The lowest BCUT2D eigenvalue weighted by Gasteiger charge is -2.17. The molecular formula is C16H14F2N2O3S. The van der Waals surface area contributed by atoms with Crippen molar-refractivity contribution in [2.24, 2.45) is 0 Å². The van der Waals surface area contributed by atoms with Gasteiger partial charge < -0.3 is 4.90 Å². The number of carbonyl (C=O) groups is 1. The van der Waals surface area contributed by atoms with E-state index in [1.807, 2.05) is 0 Å². The molecule has 1 N–H and O–H groups in total.